The Morgan fingerprint density at radius 1 is 1.23 bits per heavy atom. The number of amides is 1. The van der Waals surface area contributed by atoms with Crippen LogP contribution in [0.5, 0.6) is 0 Å². The Kier molecular flexibility index (Phi) is 7.71. The van der Waals surface area contributed by atoms with Gasteiger partial charge in [-0.25, -0.2) is 17.8 Å². The van der Waals surface area contributed by atoms with E-state index in [0.717, 1.165) is 12.8 Å². The summed E-state index contributed by atoms with van der Waals surface area (Å²) in [6.45, 7) is 4.91. The summed E-state index contributed by atoms with van der Waals surface area (Å²) in [6, 6.07) is 9.34. The number of nitrogens with zero attached hydrogens (tertiary/aromatic N) is 3. The van der Waals surface area contributed by atoms with Crippen molar-refractivity contribution in [1.29, 1.82) is 0 Å². The van der Waals surface area contributed by atoms with Crippen LogP contribution in [0.25, 0.3) is 0 Å². The Hall–Kier alpha value is -2.98. The lowest BCUT2D eigenvalue weighted by Gasteiger charge is -2.25. The first-order valence-electron chi connectivity index (χ1n) is 11.7. The number of aromatic nitrogens is 2. The minimum Gasteiger partial charge on any atom is -0.467 e. The molecule has 3 heterocycles. The number of hydrogen-bond acceptors (Lipinski definition) is 6. The van der Waals surface area contributed by atoms with E-state index in [0.29, 0.717) is 18.1 Å². The van der Waals surface area contributed by atoms with Crippen molar-refractivity contribution < 1.29 is 26.8 Å². The first-order valence-corrected chi connectivity index (χ1v) is 13.3. The van der Waals surface area contributed by atoms with Crippen LogP contribution >= 0.6 is 0 Å². The normalized spacial score (nSPS) is 16.2. The zero-order valence-electron chi connectivity index (χ0n) is 19.9. The summed E-state index contributed by atoms with van der Waals surface area (Å²) in [5, 5.41) is -0.152. The van der Waals surface area contributed by atoms with Crippen LogP contribution in [0.15, 0.2) is 58.4 Å². The lowest BCUT2D eigenvalue weighted by molar-refractivity contribution is -0.136. The maximum atomic E-state index is 14.2. The second-order valence-corrected chi connectivity index (χ2v) is 10.9. The Balaban J connectivity index is 1.68. The summed E-state index contributed by atoms with van der Waals surface area (Å²) in [5.41, 5.74) is 0.642. The van der Waals surface area contributed by atoms with E-state index < -0.39 is 21.4 Å². The molecule has 10 heteroatoms. The lowest BCUT2D eigenvalue weighted by atomic mass is 10.1. The van der Waals surface area contributed by atoms with Gasteiger partial charge in [0.1, 0.15) is 11.6 Å². The van der Waals surface area contributed by atoms with Crippen molar-refractivity contribution in [2.45, 2.75) is 63.3 Å². The molecular weight excluding hydrogens is 473 g/mol. The number of ether oxygens (including phenoxy) is 1. The minimum absolute atomic E-state index is 0.0788. The largest absolute Gasteiger partial charge is 0.467 e. The SMILES string of the molecule is CC(C)C(=O)N(Cc1ccco1)Cc1cnc(S(=O)(=O)Cc2ccccc2F)n1C[C@@H]1CCCO1. The predicted octanol–water partition coefficient (Wildman–Crippen LogP) is 3.95. The van der Waals surface area contributed by atoms with Gasteiger partial charge >= 0.3 is 0 Å². The molecule has 188 valence electrons. The summed E-state index contributed by atoms with van der Waals surface area (Å²) in [4.78, 5) is 18.9. The Morgan fingerprint density at radius 3 is 2.69 bits per heavy atom. The number of benzene rings is 1. The van der Waals surface area contributed by atoms with E-state index >= 15 is 0 Å². The zero-order valence-corrected chi connectivity index (χ0v) is 20.7. The highest BCUT2D eigenvalue weighted by Gasteiger charge is 2.29. The van der Waals surface area contributed by atoms with E-state index in [-0.39, 0.29) is 48.3 Å². The Morgan fingerprint density at radius 2 is 2.03 bits per heavy atom. The minimum atomic E-state index is -3.98. The molecular formula is C25H30FN3O5S. The Bertz CT molecular complexity index is 1250. The average Bonchev–Trinajstić information content (AvgIpc) is 3.58. The van der Waals surface area contributed by atoms with Crippen molar-refractivity contribution >= 4 is 15.7 Å². The maximum absolute atomic E-state index is 14.2. The van der Waals surface area contributed by atoms with Gasteiger partial charge in [-0.3, -0.25) is 4.79 Å². The van der Waals surface area contributed by atoms with E-state index in [1.807, 2.05) is 13.8 Å². The van der Waals surface area contributed by atoms with Gasteiger partial charge in [0.15, 0.2) is 0 Å². The van der Waals surface area contributed by atoms with Crippen molar-refractivity contribution in [2.75, 3.05) is 6.61 Å². The monoisotopic (exact) mass is 503 g/mol. The fraction of sp³-hybridized carbons (Fsp3) is 0.440. The number of furan rings is 1. The van der Waals surface area contributed by atoms with Gasteiger partial charge in [-0.15, -0.1) is 0 Å². The highest BCUT2D eigenvalue weighted by Crippen LogP contribution is 2.24. The molecule has 0 N–H and O–H groups in total. The summed E-state index contributed by atoms with van der Waals surface area (Å²) in [7, 11) is -3.98. The van der Waals surface area contributed by atoms with Crippen molar-refractivity contribution in [3.05, 3.63) is 71.7 Å². The molecule has 0 radical (unpaired) electrons. The van der Waals surface area contributed by atoms with Crippen LogP contribution in [0.4, 0.5) is 4.39 Å². The maximum Gasteiger partial charge on any atom is 0.228 e. The van der Waals surface area contributed by atoms with E-state index in [4.69, 9.17) is 9.15 Å². The van der Waals surface area contributed by atoms with Gasteiger partial charge in [-0.2, -0.15) is 0 Å². The third-order valence-electron chi connectivity index (χ3n) is 5.98. The quantitative estimate of drug-likeness (QED) is 0.416. The molecule has 1 amide bonds. The van der Waals surface area contributed by atoms with Crippen LogP contribution in [0.1, 0.15) is 43.7 Å². The van der Waals surface area contributed by atoms with Gasteiger partial charge in [0.25, 0.3) is 0 Å². The third kappa shape index (κ3) is 5.99. The number of hydrogen-bond donors (Lipinski definition) is 0. The molecule has 1 fully saturated rings. The fourth-order valence-electron chi connectivity index (χ4n) is 4.20. The van der Waals surface area contributed by atoms with Gasteiger partial charge in [0.2, 0.25) is 20.9 Å². The lowest BCUT2D eigenvalue weighted by Crippen LogP contribution is -2.34. The molecule has 4 rings (SSSR count). The number of imidazole rings is 1. The molecule has 2 aromatic heterocycles. The predicted molar refractivity (Wildman–Crippen MR) is 126 cm³/mol. The van der Waals surface area contributed by atoms with Crippen LogP contribution in [0.3, 0.4) is 0 Å². The molecule has 1 saturated heterocycles. The second kappa shape index (κ2) is 10.7. The second-order valence-electron chi connectivity index (χ2n) is 9.06. The third-order valence-corrected chi connectivity index (χ3v) is 7.55. The van der Waals surface area contributed by atoms with Crippen LogP contribution < -0.4 is 0 Å². The topological polar surface area (TPSA) is 94.6 Å². The van der Waals surface area contributed by atoms with Gasteiger partial charge in [-0.05, 0) is 31.0 Å². The van der Waals surface area contributed by atoms with Gasteiger partial charge in [-0.1, -0.05) is 32.0 Å². The van der Waals surface area contributed by atoms with Gasteiger partial charge < -0.3 is 18.6 Å². The molecule has 0 bridgehead atoms. The number of carbonyl (C=O) groups is 1. The van der Waals surface area contributed by atoms with Crippen LogP contribution in [0.2, 0.25) is 0 Å². The van der Waals surface area contributed by atoms with Crippen LogP contribution in [0, 0.1) is 11.7 Å². The molecule has 1 atom stereocenters. The van der Waals surface area contributed by atoms with Crippen molar-refractivity contribution in [3.63, 3.8) is 0 Å². The van der Waals surface area contributed by atoms with Gasteiger partial charge in [0.05, 0.1) is 49.6 Å². The highest BCUT2D eigenvalue weighted by molar-refractivity contribution is 7.90. The molecule has 35 heavy (non-hydrogen) atoms. The molecule has 0 saturated carbocycles. The Labute approximate surface area is 204 Å². The van der Waals surface area contributed by atoms with Crippen LogP contribution in [-0.4, -0.2) is 41.5 Å². The molecule has 0 spiro atoms. The number of carbonyl (C=O) groups excluding carboxylic acids is 1. The van der Waals surface area contributed by atoms with E-state index in [2.05, 4.69) is 4.98 Å². The smallest absolute Gasteiger partial charge is 0.228 e. The molecule has 1 aromatic carbocycles. The first-order chi connectivity index (χ1) is 16.7. The summed E-state index contributed by atoms with van der Waals surface area (Å²) in [6.07, 6.45) is 4.55. The standard InChI is InChI=1S/C25H30FN3O5S/c1-18(2)24(30)28(15-21-8-5-11-33-21)14-20-13-27-25(29(20)16-22-9-6-12-34-22)35(31,32)17-19-7-3-4-10-23(19)26/h3-5,7-8,10-11,13,18,22H,6,9,12,14-17H2,1-2H3/t22-/m0/s1. The first kappa shape index (κ1) is 25.1. The van der Waals surface area contributed by atoms with Crippen molar-refractivity contribution in [2.24, 2.45) is 5.92 Å². The van der Waals surface area contributed by atoms with E-state index in [9.17, 15) is 17.6 Å². The highest BCUT2D eigenvalue weighted by atomic mass is 32.2. The van der Waals surface area contributed by atoms with Crippen LogP contribution in [-0.2, 0) is 44.8 Å². The molecule has 3 aromatic rings. The molecule has 0 aliphatic carbocycles. The van der Waals surface area contributed by atoms with Crippen molar-refractivity contribution in [3.8, 4) is 0 Å². The number of rotatable bonds is 10. The molecule has 1 aliphatic rings. The average molecular weight is 504 g/mol. The van der Waals surface area contributed by atoms with E-state index in [1.54, 1.807) is 33.9 Å². The van der Waals surface area contributed by atoms with Crippen molar-refractivity contribution in [1.82, 2.24) is 14.5 Å². The molecule has 8 nitrogen and oxygen atoms in total. The number of halogens is 1. The summed E-state index contributed by atoms with van der Waals surface area (Å²) < 4.78 is 53.7. The zero-order chi connectivity index (χ0) is 25.0. The summed E-state index contributed by atoms with van der Waals surface area (Å²) >= 11 is 0. The molecule has 0 unspecified atom stereocenters. The fourth-order valence-corrected chi connectivity index (χ4v) is 5.71. The summed E-state index contributed by atoms with van der Waals surface area (Å²) in [5.74, 6) is -0.828. The van der Waals surface area contributed by atoms with E-state index in [1.165, 1.54) is 24.4 Å². The number of sulfone groups is 1. The molecule has 1 aliphatic heterocycles. The van der Waals surface area contributed by atoms with Gasteiger partial charge in [0, 0.05) is 18.1 Å².